The first-order valence-corrected chi connectivity index (χ1v) is 6.81. The predicted octanol–water partition coefficient (Wildman–Crippen LogP) is 3.90. The summed E-state index contributed by atoms with van der Waals surface area (Å²) in [5, 5.41) is 2.19. The second-order valence-corrected chi connectivity index (χ2v) is 5.58. The molecule has 0 amide bonds. The molecule has 0 N–H and O–H groups in total. The van der Waals surface area contributed by atoms with Crippen LogP contribution in [0.1, 0.15) is 22.0 Å². The monoisotopic (exact) mass is 245 g/mol. The lowest BCUT2D eigenvalue weighted by molar-refractivity contribution is 0.301. The number of rotatable bonds is 4. The van der Waals surface area contributed by atoms with Gasteiger partial charge in [-0.25, -0.2) is 0 Å². The number of benzene rings is 1. The summed E-state index contributed by atoms with van der Waals surface area (Å²) >= 11 is 1.86. The van der Waals surface area contributed by atoms with E-state index in [0.29, 0.717) is 6.04 Å². The van der Waals surface area contributed by atoms with Crippen molar-refractivity contribution in [3.05, 3.63) is 57.8 Å². The summed E-state index contributed by atoms with van der Waals surface area (Å²) < 4.78 is 0. The minimum atomic E-state index is 0.484. The molecule has 0 spiro atoms. The van der Waals surface area contributed by atoms with Crippen LogP contribution < -0.4 is 0 Å². The highest BCUT2D eigenvalue weighted by Crippen LogP contribution is 2.30. The van der Waals surface area contributed by atoms with Crippen molar-refractivity contribution >= 4 is 11.3 Å². The van der Waals surface area contributed by atoms with Gasteiger partial charge in [-0.3, -0.25) is 0 Å². The molecule has 0 saturated heterocycles. The number of hydrogen-bond acceptors (Lipinski definition) is 2. The third-order valence-electron chi connectivity index (χ3n) is 3.10. The SMILES string of the molecule is Cc1ccsc1C(Cc1ccccc1)N(C)C. The third kappa shape index (κ3) is 2.96. The molecule has 0 fully saturated rings. The van der Waals surface area contributed by atoms with Gasteiger partial charge in [0.2, 0.25) is 0 Å². The van der Waals surface area contributed by atoms with Gasteiger partial charge in [-0.05, 0) is 50.0 Å². The third-order valence-corrected chi connectivity index (χ3v) is 4.22. The Morgan fingerprint density at radius 1 is 1.12 bits per heavy atom. The van der Waals surface area contributed by atoms with Crippen molar-refractivity contribution < 1.29 is 0 Å². The molecule has 0 aliphatic heterocycles. The largest absolute Gasteiger partial charge is 0.301 e. The van der Waals surface area contributed by atoms with E-state index in [9.17, 15) is 0 Å². The fourth-order valence-electron chi connectivity index (χ4n) is 2.07. The van der Waals surface area contributed by atoms with E-state index in [0.717, 1.165) is 6.42 Å². The molecule has 1 nitrogen and oxygen atoms in total. The smallest absolute Gasteiger partial charge is 0.0478 e. The average molecular weight is 245 g/mol. The topological polar surface area (TPSA) is 3.24 Å². The van der Waals surface area contributed by atoms with Crippen molar-refractivity contribution in [1.82, 2.24) is 4.90 Å². The standard InChI is InChI=1S/C15H19NS/c1-12-9-10-17-15(12)14(16(2)3)11-13-7-5-4-6-8-13/h4-10,14H,11H2,1-3H3. The van der Waals surface area contributed by atoms with Gasteiger partial charge in [-0.15, -0.1) is 11.3 Å². The van der Waals surface area contributed by atoms with E-state index in [1.165, 1.54) is 16.0 Å². The zero-order valence-electron chi connectivity index (χ0n) is 10.7. The Morgan fingerprint density at radius 2 is 1.82 bits per heavy atom. The molecule has 0 radical (unpaired) electrons. The summed E-state index contributed by atoms with van der Waals surface area (Å²) in [6.45, 7) is 2.20. The van der Waals surface area contributed by atoms with Crippen LogP contribution in [0.3, 0.4) is 0 Å². The molecule has 2 rings (SSSR count). The van der Waals surface area contributed by atoms with Gasteiger partial charge in [0.15, 0.2) is 0 Å². The van der Waals surface area contributed by atoms with Gasteiger partial charge < -0.3 is 4.90 Å². The van der Waals surface area contributed by atoms with E-state index in [-0.39, 0.29) is 0 Å². The van der Waals surface area contributed by atoms with Crippen LogP contribution in [0.15, 0.2) is 41.8 Å². The summed E-state index contributed by atoms with van der Waals surface area (Å²) in [5.41, 5.74) is 2.81. The molecule has 2 heteroatoms. The normalized spacial score (nSPS) is 12.9. The average Bonchev–Trinajstić information content (AvgIpc) is 2.73. The first-order chi connectivity index (χ1) is 8.18. The Morgan fingerprint density at radius 3 is 2.35 bits per heavy atom. The van der Waals surface area contributed by atoms with Crippen LogP contribution in [0, 0.1) is 6.92 Å². The molecule has 0 bridgehead atoms. The molecule has 2 aromatic rings. The molecule has 1 unspecified atom stereocenters. The molecular formula is C15H19NS. The van der Waals surface area contributed by atoms with Crippen molar-refractivity contribution in [1.29, 1.82) is 0 Å². The maximum atomic E-state index is 2.31. The van der Waals surface area contributed by atoms with Gasteiger partial charge in [0.25, 0.3) is 0 Å². The Kier molecular flexibility index (Phi) is 3.97. The quantitative estimate of drug-likeness (QED) is 0.789. The van der Waals surface area contributed by atoms with Crippen molar-refractivity contribution in [2.24, 2.45) is 0 Å². The summed E-state index contributed by atoms with van der Waals surface area (Å²) in [4.78, 5) is 3.80. The van der Waals surface area contributed by atoms with Crippen LogP contribution in [-0.2, 0) is 6.42 Å². The Hall–Kier alpha value is -1.12. The number of aryl methyl sites for hydroxylation is 1. The van der Waals surface area contributed by atoms with Gasteiger partial charge in [-0.2, -0.15) is 0 Å². The Balaban J connectivity index is 2.23. The Labute approximate surface area is 108 Å². The first-order valence-electron chi connectivity index (χ1n) is 5.93. The molecular weight excluding hydrogens is 226 g/mol. The van der Waals surface area contributed by atoms with E-state index in [4.69, 9.17) is 0 Å². The number of nitrogens with zero attached hydrogens (tertiary/aromatic N) is 1. The highest BCUT2D eigenvalue weighted by Gasteiger charge is 2.17. The van der Waals surface area contributed by atoms with Gasteiger partial charge >= 0.3 is 0 Å². The molecule has 1 aromatic carbocycles. The minimum Gasteiger partial charge on any atom is -0.301 e. The van der Waals surface area contributed by atoms with E-state index in [2.05, 4.69) is 67.7 Å². The predicted molar refractivity (Wildman–Crippen MR) is 75.6 cm³/mol. The summed E-state index contributed by atoms with van der Waals surface area (Å²) in [7, 11) is 4.32. The molecule has 90 valence electrons. The van der Waals surface area contributed by atoms with E-state index < -0.39 is 0 Å². The summed E-state index contributed by atoms with van der Waals surface area (Å²) in [6.07, 6.45) is 1.08. The van der Waals surface area contributed by atoms with Crippen molar-refractivity contribution in [2.75, 3.05) is 14.1 Å². The van der Waals surface area contributed by atoms with Crippen LogP contribution in [0.25, 0.3) is 0 Å². The molecule has 0 saturated carbocycles. The molecule has 0 aliphatic carbocycles. The molecule has 1 heterocycles. The van der Waals surface area contributed by atoms with Gasteiger partial charge in [0.05, 0.1) is 0 Å². The van der Waals surface area contributed by atoms with Crippen molar-refractivity contribution in [3.8, 4) is 0 Å². The lowest BCUT2D eigenvalue weighted by Crippen LogP contribution is -2.21. The van der Waals surface area contributed by atoms with E-state index in [1.807, 2.05) is 11.3 Å². The van der Waals surface area contributed by atoms with Crippen LogP contribution in [0.4, 0.5) is 0 Å². The number of thiophene rings is 1. The Bertz CT molecular complexity index is 459. The second-order valence-electron chi connectivity index (χ2n) is 4.64. The van der Waals surface area contributed by atoms with Gasteiger partial charge in [-0.1, -0.05) is 30.3 Å². The van der Waals surface area contributed by atoms with E-state index >= 15 is 0 Å². The first kappa shape index (κ1) is 12.3. The fraction of sp³-hybridized carbons (Fsp3) is 0.333. The van der Waals surface area contributed by atoms with Crippen molar-refractivity contribution in [3.63, 3.8) is 0 Å². The molecule has 1 aromatic heterocycles. The highest BCUT2D eigenvalue weighted by molar-refractivity contribution is 7.10. The van der Waals surface area contributed by atoms with Crippen LogP contribution in [0.2, 0.25) is 0 Å². The zero-order valence-corrected chi connectivity index (χ0v) is 11.5. The van der Waals surface area contributed by atoms with Crippen molar-refractivity contribution in [2.45, 2.75) is 19.4 Å². The molecule has 1 atom stereocenters. The zero-order chi connectivity index (χ0) is 12.3. The summed E-state index contributed by atoms with van der Waals surface area (Å²) in [6, 6.07) is 13.4. The lowest BCUT2D eigenvalue weighted by Gasteiger charge is -2.24. The highest BCUT2D eigenvalue weighted by atomic mass is 32.1. The van der Waals surface area contributed by atoms with Crippen LogP contribution in [-0.4, -0.2) is 19.0 Å². The lowest BCUT2D eigenvalue weighted by atomic mass is 10.0. The summed E-state index contributed by atoms with van der Waals surface area (Å²) in [5.74, 6) is 0. The van der Waals surface area contributed by atoms with Crippen LogP contribution >= 0.6 is 11.3 Å². The number of likely N-dealkylation sites (N-methyl/N-ethyl adjacent to an activating group) is 1. The van der Waals surface area contributed by atoms with Gasteiger partial charge in [0, 0.05) is 10.9 Å². The molecule has 0 aliphatic rings. The van der Waals surface area contributed by atoms with Gasteiger partial charge in [0.1, 0.15) is 0 Å². The maximum absolute atomic E-state index is 2.31. The minimum absolute atomic E-state index is 0.484. The molecule has 17 heavy (non-hydrogen) atoms. The fourth-order valence-corrected chi connectivity index (χ4v) is 3.20. The second kappa shape index (κ2) is 5.48. The number of hydrogen-bond donors (Lipinski definition) is 0. The van der Waals surface area contributed by atoms with E-state index in [1.54, 1.807) is 0 Å². The van der Waals surface area contributed by atoms with Crippen LogP contribution in [0.5, 0.6) is 0 Å². The maximum Gasteiger partial charge on any atom is 0.0478 e.